The standard InChI is InChI=1S/C20H25FN2O3/c1-25-18-8-5-16(13-19(18)26-2)14-23-20(24)10-12-22-11-9-15-3-6-17(21)7-4-15/h3-8,13,22H,9-12,14H2,1-2H3,(H,23,24). The lowest BCUT2D eigenvalue weighted by Crippen LogP contribution is -2.28. The van der Waals surface area contributed by atoms with Crippen LogP contribution >= 0.6 is 0 Å². The number of hydrogen-bond acceptors (Lipinski definition) is 4. The molecule has 1 amide bonds. The van der Waals surface area contributed by atoms with Gasteiger partial charge in [-0.3, -0.25) is 4.79 Å². The molecular formula is C20H25FN2O3. The van der Waals surface area contributed by atoms with E-state index in [0.717, 1.165) is 24.1 Å². The maximum Gasteiger partial charge on any atom is 0.221 e. The van der Waals surface area contributed by atoms with Crippen molar-refractivity contribution in [3.63, 3.8) is 0 Å². The van der Waals surface area contributed by atoms with Gasteiger partial charge in [0.05, 0.1) is 14.2 Å². The number of carbonyl (C=O) groups is 1. The van der Waals surface area contributed by atoms with Gasteiger partial charge in [0.2, 0.25) is 5.91 Å². The number of benzene rings is 2. The highest BCUT2D eigenvalue weighted by molar-refractivity contribution is 5.76. The van der Waals surface area contributed by atoms with Crippen molar-refractivity contribution >= 4 is 5.91 Å². The Balaban J connectivity index is 1.63. The summed E-state index contributed by atoms with van der Waals surface area (Å²) in [6.07, 6.45) is 1.20. The van der Waals surface area contributed by atoms with Crippen molar-refractivity contribution in [2.45, 2.75) is 19.4 Å². The van der Waals surface area contributed by atoms with Gasteiger partial charge in [-0.05, 0) is 48.4 Å². The lowest BCUT2D eigenvalue weighted by molar-refractivity contribution is -0.121. The van der Waals surface area contributed by atoms with Crippen molar-refractivity contribution < 1.29 is 18.7 Å². The molecule has 0 heterocycles. The first-order chi connectivity index (χ1) is 12.6. The molecule has 26 heavy (non-hydrogen) atoms. The van der Waals surface area contributed by atoms with Crippen LogP contribution in [-0.2, 0) is 17.8 Å². The lowest BCUT2D eigenvalue weighted by Gasteiger charge is -2.10. The summed E-state index contributed by atoms with van der Waals surface area (Å²) in [4.78, 5) is 11.9. The van der Waals surface area contributed by atoms with E-state index in [1.54, 1.807) is 26.4 Å². The van der Waals surface area contributed by atoms with Crippen LogP contribution in [0, 0.1) is 5.82 Å². The summed E-state index contributed by atoms with van der Waals surface area (Å²) in [5, 5.41) is 6.11. The smallest absolute Gasteiger partial charge is 0.221 e. The van der Waals surface area contributed by atoms with Crippen molar-refractivity contribution in [3.8, 4) is 11.5 Å². The molecule has 0 aliphatic rings. The Morgan fingerprint density at radius 2 is 1.65 bits per heavy atom. The highest BCUT2D eigenvalue weighted by Gasteiger charge is 2.06. The monoisotopic (exact) mass is 360 g/mol. The second-order valence-electron chi connectivity index (χ2n) is 5.84. The summed E-state index contributed by atoms with van der Waals surface area (Å²) in [5.74, 6) is 1.05. The third-order valence-electron chi connectivity index (χ3n) is 3.97. The fourth-order valence-electron chi connectivity index (χ4n) is 2.49. The van der Waals surface area contributed by atoms with Crippen LogP contribution < -0.4 is 20.1 Å². The average Bonchev–Trinajstić information content (AvgIpc) is 2.67. The van der Waals surface area contributed by atoms with Gasteiger partial charge >= 0.3 is 0 Å². The Labute approximate surface area is 153 Å². The van der Waals surface area contributed by atoms with Crippen LogP contribution in [0.4, 0.5) is 4.39 Å². The minimum Gasteiger partial charge on any atom is -0.493 e. The highest BCUT2D eigenvalue weighted by Crippen LogP contribution is 2.27. The summed E-state index contributed by atoms with van der Waals surface area (Å²) in [7, 11) is 3.17. The number of amides is 1. The lowest BCUT2D eigenvalue weighted by atomic mass is 10.1. The summed E-state index contributed by atoms with van der Waals surface area (Å²) >= 11 is 0. The molecule has 0 spiro atoms. The number of rotatable bonds is 10. The van der Waals surface area contributed by atoms with Gasteiger partial charge in [-0.2, -0.15) is 0 Å². The predicted octanol–water partition coefficient (Wildman–Crippen LogP) is 2.68. The van der Waals surface area contributed by atoms with Crippen molar-refractivity contribution in [2.75, 3.05) is 27.3 Å². The molecule has 0 aliphatic carbocycles. The first-order valence-corrected chi connectivity index (χ1v) is 8.55. The first kappa shape index (κ1) is 19.7. The van der Waals surface area contributed by atoms with Gasteiger partial charge in [-0.15, -0.1) is 0 Å². The summed E-state index contributed by atoms with van der Waals surface area (Å²) in [6.45, 7) is 1.78. The molecule has 0 saturated carbocycles. The molecule has 0 aliphatic heterocycles. The van der Waals surface area contributed by atoms with Crippen LogP contribution in [0.3, 0.4) is 0 Å². The van der Waals surface area contributed by atoms with Crippen LogP contribution in [0.1, 0.15) is 17.5 Å². The maximum atomic E-state index is 12.8. The number of carbonyl (C=O) groups excluding carboxylic acids is 1. The molecule has 0 aromatic heterocycles. The quantitative estimate of drug-likeness (QED) is 0.640. The van der Waals surface area contributed by atoms with Crippen LogP contribution in [0.5, 0.6) is 11.5 Å². The maximum absolute atomic E-state index is 12.8. The van der Waals surface area contributed by atoms with E-state index in [1.807, 2.05) is 18.2 Å². The molecule has 140 valence electrons. The minimum atomic E-state index is -0.229. The Morgan fingerprint density at radius 3 is 2.35 bits per heavy atom. The molecule has 2 rings (SSSR count). The molecule has 0 saturated heterocycles. The SMILES string of the molecule is COc1ccc(CNC(=O)CCNCCc2ccc(F)cc2)cc1OC. The molecule has 2 aromatic rings. The molecule has 6 heteroatoms. The molecule has 2 aromatic carbocycles. The predicted molar refractivity (Wildman–Crippen MR) is 99.0 cm³/mol. The van der Waals surface area contributed by atoms with Gasteiger partial charge in [0.15, 0.2) is 11.5 Å². The summed E-state index contributed by atoms with van der Waals surface area (Å²) in [5.41, 5.74) is 2.01. The molecule has 0 unspecified atom stereocenters. The number of halogens is 1. The Hall–Kier alpha value is -2.60. The van der Waals surface area contributed by atoms with Gasteiger partial charge in [0.25, 0.3) is 0 Å². The second-order valence-corrected chi connectivity index (χ2v) is 5.84. The number of ether oxygens (including phenoxy) is 2. The molecular weight excluding hydrogens is 335 g/mol. The Kier molecular flexibility index (Phi) is 7.89. The van der Waals surface area contributed by atoms with E-state index in [9.17, 15) is 9.18 Å². The zero-order chi connectivity index (χ0) is 18.8. The van der Waals surface area contributed by atoms with Crippen LogP contribution in [0.15, 0.2) is 42.5 Å². The number of hydrogen-bond donors (Lipinski definition) is 2. The van der Waals surface area contributed by atoms with Gasteiger partial charge < -0.3 is 20.1 Å². The van der Waals surface area contributed by atoms with Gasteiger partial charge in [-0.1, -0.05) is 18.2 Å². The average molecular weight is 360 g/mol. The Morgan fingerprint density at radius 1 is 0.962 bits per heavy atom. The van der Waals surface area contributed by atoms with Crippen molar-refractivity contribution in [2.24, 2.45) is 0 Å². The van der Waals surface area contributed by atoms with E-state index in [0.29, 0.717) is 31.0 Å². The molecule has 2 N–H and O–H groups in total. The Bertz CT molecular complexity index is 705. The van der Waals surface area contributed by atoms with E-state index in [2.05, 4.69) is 10.6 Å². The van der Waals surface area contributed by atoms with E-state index in [4.69, 9.17) is 9.47 Å². The van der Waals surface area contributed by atoms with Crippen molar-refractivity contribution in [1.29, 1.82) is 0 Å². The van der Waals surface area contributed by atoms with E-state index in [-0.39, 0.29) is 11.7 Å². The number of methoxy groups -OCH3 is 2. The normalized spacial score (nSPS) is 10.4. The summed E-state index contributed by atoms with van der Waals surface area (Å²) in [6, 6.07) is 12.0. The fraction of sp³-hybridized carbons (Fsp3) is 0.350. The molecule has 5 nitrogen and oxygen atoms in total. The fourth-order valence-corrected chi connectivity index (χ4v) is 2.49. The molecule has 0 atom stereocenters. The van der Waals surface area contributed by atoms with Crippen LogP contribution in [0.2, 0.25) is 0 Å². The van der Waals surface area contributed by atoms with Crippen molar-refractivity contribution in [3.05, 3.63) is 59.4 Å². The van der Waals surface area contributed by atoms with E-state index < -0.39 is 0 Å². The van der Waals surface area contributed by atoms with Crippen LogP contribution in [0.25, 0.3) is 0 Å². The topological polar surface area (TPSA) is 59.6 Å². The van der Waals surface area contributed by atoms with E-state index in [1.165, 1.54) is 12.1 Å². The summed E-state index contributed by atoms with van der Waals surface area (Å²) < 4.78 is 23.3. The van der Waals surface area contributed by atoms with Gasteiger partial charge in [-0.25, -0.2) is 4.39 Å². The largest absolute Gasteiger partial charge is 0.493 e. The zero-order valence-electron chi connectivity index (χ0n) is 15.2. The minimum absolute atomic E-state index is 0.0194. The third-order valence-corrected chi connectivity index (χ3v) is 3.97. The zero-order valence-corrected chi connectivity index (χ0v) is 15.2. The van der Waals surface area contributed by atoms with Crippen LogP contribution in [-0.4, -0.2) is 33.2 Å². The third kappa shape index (κ3) is 6.37. The van der Waals surface area contributed by atoms with Crippen molar-refractivity contribution in [1.82, 2.24) is 10.6 Å². The van der Waals surface area contributed by atoms with Gasteiger partial charge in [0, 0.05) is 19.5 Å². The second kappa shape index (κ2) is 10.4. The van der Waals surface area contributed by atoms with Gasteiger partial charge in [0.1, 0.15) is 5.82 Å². The molecule has 0 bridgehead atoms. The highest BCUT2D eigenvalue weighted by atomic mass is 19.1. The number of nitrogens with one attached hydrogen (secondary N) is 2. The molecule has 0 radical (unpaired) electrons. The van der Waals surface area contributed by atoms with E-state index >= 15 is 0 Å². The molecule has 0 fully saturated rings. The first-order valence-electron chi connectivity index (χ1n) is 8.55.